The average Bonchev–Trinajstić information content (AvgIpc) is 3.38. The maximum atomic E-state index is 13.0. The maximum absolute atomic E-state index is 13.0. The van der Waals surface area contributed by atoms with Gasteiger partial charge in [0.15, 0.2) is 0 Å². The first kappa shape index (κ1) is 24.0. The first-order valence-electron chi connectivity index (χ1n) is 10.7. The van der Waals surface area contributed by atoms with Gasteiger partial charge in [0, 0.05) is 22.8 Å². The first-order valence-corrected chi connectivity index (χ1v) is 13.0. The van der Waals surface area contributed by atoms with Gasteiger partial charge < -0.3 is 4.74 Å². The van der Waals surface area contributed by atoms with Gasteiger partial charge in [-0.15, -0.1) is 11.3 Å². The van der Waals surface area contributed by atoms with Gasteiger partial charge in [0.2, 0.25) is 0 Å². The van der Waals surface area contributed by atoms with Crippen LogP contribution in [0, 0.1) is 5.92 Å². The number of hydrogen-bond acceptors (Lipinski definition) is 6. The van der Waals surface area contributed by atoms with Crippen molar-refractivity contribution >= 4 is 27.5 Å². The quantitative estimate of drug-likeness (QED) is 0.413. The molecule has 1 amide bonds. The van der Waals surface area contributed by atoms with E-state index in [2.05, 4.69) is 23.7 Å². The monoisotopic (exact) mass is 475 g/mol. The van der Waals surface area contributed by atoms with Gasteiger partial charge in [0.25, 0.3) is 10.0 Å². The molecule has 2 heterocycles. The van der Waals surface area contributed by atoms with Gasteiger partial charge >= 0.3 is 6.09 Å². The van der Waals surface area contributed by atoms with E-state index in [1.54, 1.807) is 6.20 Å². The summed E-state index contributed by atoms with van der Waals surface area (Å²) in [6, 6.07) is 11.5. The number of sulfonamides is 1. The number of nitrogens with one attached hydrogen (secondary N) is 1. The van der Waals surface area contributed by atoms with Gasteiger partial charge in [-0.3, -0.25) is 4.68 Å². The van der Waals surface area contributed by atoms with Gasteiger partial charge in [-0.25, -0.2) is 17.9 Å². The molecular formula is C23H29N3O4S2. The number of thiophene rings is 1. The molecule has 3 rings (SSSR count). The van der Waals surface area contributed by atoms with E-state index in [9.17, 15) is 13.2 Å². The Morgan fingerprint density at radius 3 is 2.62 bits per heavy atom. The van der Waals surface area contributed by atoms with Gasteiger partial charge in [-0.05, 0) is 42.0 Å². The Hall–Kier alpha value is -2.65. The number of hydrogen-bond donors (Lipinski definition) is 1. The van der Waals surface area contributed by atoms with Crippen molar-refractivity contribution in [3.05, 3.63) is 59.2 Å². The highest BCUT2D eigenvalue weighted by molar-refractivity contribution is 7.92. The first-order chi connectivity index (χ1) is 15.3. The summed E-state index contributed by atoms with van der Waals surface area (Å²) in [6.07, 6.45) is 4.96. The van der Waals surface area contributed by atoms with E-state index in [1.807, 2.05) is 54.2 Å². The third-order valence-corrected chi connectivity index (χ3v) is 7.72. The lowest BCUT2D eigenvalue weighted by Crippen LogP contribution is -2.31. The van der Waals surface area contributed by atoms with Crippen LogP contribution in [0.4, 0.5) is 4.79 Å². The molecule has 1 N–H and O–H groups in total. The fourth-order valence-corrected chi connectivity index (χ4v) is 6.03. The molecule has 0 aliphatic heterocycles. The summed E-state index contributed by atoms with van der Waals surface area (Å²) in [7, 11) is -4.06. The third kappa shape index (κ3) is 6.43. The molecule has 1 aromatic carbocycles. The van der Waals surface area contributed by atoms with E-state index in [-0.39, 0.29) is 10.8 Å². The van der Waals surface area contributed by atoms with Gasteiger partial charge in [0.05, 0.1) is 13.2 Å². The van der Waals surface area contributed by atoms with Crippen LogP contribution in [0.15, 0.2) is 53.0 Å². The standard InChI is InChI=1S/C23H29N3O4S2/c1-4-5-13-30-23(27)25-32(28,29)22-21(15-20(31-22)14-17(2)3)19-9-7-18(8-10-19)16-26-12-6-11-24-26/h6-12,15,17H,4-5,13-14,16H2,1-3H3,(H,25,27). The lowest BCUT2D eigenvalue weighted by atomic mass is 10.0. The Kier molecular flexibility index (Phi) is 8.09. The zero-order valence-corrected chi connectivity index (χ0v) is 20.2. The Morgan fingerprint density at radius 2 is 2.00 bits per heavy atom. The Morgan fingerprint density at radius 1 is 1.25 bits per heavy atom. The molecule has 2 aromatic heterocycles. The summed E-state index contributed by atoms with van der Waals surface area (Å²) in [6.45, 7) is 6.95. The van der Waals surface area contributed by atoms with E-state index in [4.69, 9.17) is 4.74 Å². The summed E-state index contributed by atoms with van der Waals surface area (Å²) in [5, 5.41) is 4.21. The van der Waals surface area contributed by atoms with Crippen LogP contribution in [0.3, 0.4) is 0 Å². The van der Waals surface area contributed by atoms with Gasteiger partial charge in [-0.2, -0.15) is 5.10 Å². The molecule has 9 heteroatoms. The normalized spacial score (nSPS) is 11.6. The van der Waals surface area contributed by atoms with Crippen molar-refractivity contribution in [2.45, 2.75) is 50.8 Å². The minimum atomic E-state index is -4.06. The lowest BCUT2D eigenvalue weighted by molar-refractivity contribution is 0.151. The van der Waals surface area contributed by atoms with Crippen LogP contribution in [0.1, 0.15) is 44.1 Å². The summed E-state index contributed by atoms with van der Waals surface area (Å²) in [4.78, 5) is 13.0. The molecule has 0 bridgehead atoms. The van der Waals surface area contributed by atoms with Crippen LogP contribution in [0.5, 0.6) is 0 Å². The van der Waals surface area contributed by atoms with Crippen molar-refractivity contribution in [3.63, 3.8) is 0 Å². The van der Waals surface area contributed by atoms with Crippen LogP contribution < -0.4 is 4.72 Å². The topological polar surface area (TPSA) is 90.3 Å². The van der Waals surface area contributed by atoms with Gasteiger partial charge in [0.1, 0.15) is 4.21 Å². The van der Waals surface area contributed by atoms with Crippen LogP contribution in [-0.2, 0) is 27.7 Å². The minimum Gasteiger partial charge on any atom is -0.449 e. The summed E-state index contributed by atoms with van der Waals surface area (Å²) in [5.74, 6) is 0.375. The number of rotatable bonds is 10. The molecule has 0 aliphatic carbocycles. The Balaban J connectivity index is 1.87. The SMILES string of the molecule is CCCCOC(=O)NS(=O)(=O)c1sc(CC(C)C)cc1-c1ccc(Cn2cccn2)cc1. The molecule has 0 aliphatic rings. The largest absolute Gasteiger partial charge is 0.449 e. The van der Waals surface area contributed by atoms with Crippen molar-refractivity contribution in [2.75, 3.05) is 6.61 Å². The molecule has 7 nitrogen and oxygen atoms in total. The molecule has 0 saturated heterocycles. The smallest absolute Gasteiger partial charge is 0.421 e. The van der Waals surface area contributed by atoms with E-state index in [0.717, 1.165) is 28.8 Å². The molecule has 0 atom stereocenters. The van der Waals surface area contributed by atoms with Crippen LogP contribution in [0.25, 0.3) is 11.1 Å². The van der Waals surface area contributed by atoms with Crippen LogP contribution in [-0.4, -0.2) is 30.9 Å². The summed E-state index contributed by atoms with van der Waals surface area (Å²) >= 11 is 1.20. The fraction of sp³-hybridized carbons (Fsp3) is 0.391. The molecular weight excluding hydrogens is 446 g/mol. The highest BCUT2D eigenvalue weighted by Gasteiger charge is 2.26. The van der Waals surface area contributed by atoms with E-state index < -0.39 is 16.1 Å². The third-order valence-electron chi connectivity index (χ3n) is 4.72. The highest BCUT2D eigenvalue weighted by Crippen LogP contribution is 2.36. The fourth-order valence-electron chi connectivity index (χ4n) is 3.19. The molecule has 0 fully saturated rings. The lowest BCUT2D eigenvalue weighted by Gasteiger charge is -2.09. The zero-order chi connectivity index (χ0) is 23.1. The van der Waals surface area contributed by atoms with Crippen molar-refractivity contribution in [1.29, 1.82) is 0 Å². The van der Waals surface area contributed by atoms with E-state index in [0.29, 0.717) is 24.4 Å². The number of ether oxygens (including phenoxy) is 1. The summed E-state index contributed by atoms with van der Waals surface area (Å²) in [5.41, 5.74) is 2.42. The minimum absolute atomic E-state index is 0.125. The number of amides is 1. The number of aromatic nitrogens is 2. The van der Waals surface area contributed by atoms with Crippen LogP contribution in [0.2, 0.25) is 0 Å². The molecule has 0 saturated carbocycles. The van der Waals surface area contributed by atoms with E-state index in [1.165, 1.54) is 11.3 Å². The number of nitrogens with zero attached hydrogens (tertiary/aromatic N) is 2. The molecule has 0 radical (unpaired) electrons. The second-order valence-electron chi connectivity index (χ2n) is 8.01. The average molecular weight is 476 g/mol. The molecule has 0 spiro atoms. The van der Waals surface area contributed by atoms with Gasteiger partial charge in [-0.1, -0.05) is 51.5 Å². The van der Waals surface area contributed by atoms with Crippen molar-refractivity contribution in [1.82, 2.24) is 14.5 Å². The second kappa shape index (κ2) is 10.8. The molecule has 32 heavy (non-hydrogen) atoms. The number of carbonyl (C=O) groups excluding carboxylic acids is 1. The molecule has 0 unspecified atom stereocenters. The maximum Gasteiger partial charge on any atom is 0.421 e. The Labute approximate surface area is 193 Å². The predicted octanol–water partition coefficient (Wildman–Crippen LogP) is 5.07. The number of carbonyl (C=O) groups is 1. The molecule has 3 aromatic rings. The Bertz CT molecular complexity index is 1120. The predicted molar refractivity (Wildman–Crippen MR) is 126 cm³/mol. The van der Waals surface area contributed by atoms with E-state index >= 15 is 0 Å². The summed E-state index contributed by atoms with van der Waals surface area (Å²) < 4.78 is 35.1. The van der Waals surface area contributed by atoms with Crippen LogP contribution >= 0.6 is 11.3 Å². The zero-order valence-electron chi connectivity index (χ0n) is 18.6. The number of unbranched alkanes of at least 4 members (excludes halogenated alkanes) is 1. The van der Waals surface area contributed by atoms with Crippen molar-refractivity contribution in [2.24, 2.45) is 5.92 Å². The number of benzene rings is 1. The van der Waals surface area contributed by atoms with Crippen molar-refractivity contribution < 1.29 is 17.9 Å². The second-order valence-corrected chi connectivity index (χ2v) is 11.0. The molecule has 172 valence electrons. The highest BCUT2D eigenvalue weighted by atomic mass is 32.2. The van der Waals surface area contributed by atoms with Crippen molar-refractivity contribution in [3.8, 4) is 11.1 Å².